The van der Waals surface area contributed by atoms with Crippen LogP contribution in [0.25, 0.3) is 0 Å². The maximum atomic E-state index is 12.0. The molecule has 0 saturated carbocycles. The van der Waals surface area contributed by atoms with Gasteiger partial charge in [0, 0.05) is 20.2 Å². The number of rotatable bonds is 7. The summed E-state index contributed by atoms with van der Waals surface area (Å²) in [7, 11) is 1.64. The number of hydrogen-bond donors (Lipinski definition) is 2. The highest BCUT2D eigenvalue weighted by atomic mass is 32.2. The molecule has 1 heterocycles. The van der Waals surface area contributed by atoms with Crippen LogP contribution in [0.15, 0.2) is 11.6 Å². The van der Waals surface area contributed by atoms with E-state index in [1.54, 1.807) is 23.8 Å². The summed E-state index contributed by atoms with van der Waals surface area (Å²) in [5.74, 6) is -0.283. The zero-order chi connectivity index (χ0) is 15.0. The molecule has 114 valence electrons. The first-order chi connectivity index (χ1) is 9.58. The number of ether oxygens (including phenoxy) is 1. The van der Waals surface area contributed by atoms with Gasteiger partial charge in [0.1, 0.15) is 6.04 Å². The Morgan fingerprint density at radius 3 is 2.85 bits per heavy atom. The van der Waals surface area contributed by atoms with Crippen molar-refractivity contribution in [3.8, 4) is 0 Å². The van der Waals surface area contributed by atoms with E-state index in [-0.39, 0.29) is 6.03 Å². The van der Waals surface area contributed by atoms with Gasteiger partial charge in [-0.05, 0) is 30.4 Å². The lowest BCUT2D eigenvalue weighted by atomic mass is 10.1. The maximum Gasteiger partial charge on any atom is 0.326 e. The van der Waals surface area contributed by atoms with Crippen molar-refractivity contribution in [3.05, 3.63) is 11.6 Å². The van der Waals surface area contributed by atoms with E-state index in [2.05, 4.69) is 5.32 Å². The van der Waals surface area contributed by atoms with Crippen LogP contribution in [-0.4, -0.2) is 66.9 Å². The predicted molar refractivity (Wildman–Crippen MR) is 79.1 cm³/mol. The first-order valence-electron chi connectivity index (χ1n) is 6.52. The van der Waals surface area contributed by atoms with Crippen molar-refractivity contribution in [2.24, 2.45) is 0 Å². The van der Waals surface area contributed by atoms with Crippen molar-refractivity contribution in [1.82, 2.24) is 10.2 Å². The molecule has 1 atom stereocenters. The van der Waals surface area contributed by atoms with Gasteiger partial charge < -0.3 is 20.1 Å². The van der Waals surface area contributed by atoms with Crippen LogP contribution < -0.4 is 5.32 Å². The van der Waals surface area contributed by atoms with Crippen molar-refractivity contribution in [2.45, 2.75) is 18.9 Å². The molecule has 0 aromatic carbocycles. The lowest BCUT2D eigenvalue weighted by Crippen LogP contribution is -2.49. The lowest BCUT2D eigenvalue weighted by molar-refractivity contribution is -0.139. The fourth-order valence-electron chi connectivity index (χ4n) is 1.95. The first-order valence-corrected chi connectivity index (χ1v) is 7.92. The molecule has 0 aromatic rings. The molecule has 0 spiro atoms. The lowest BCUT2D eigenvalue weighted by Gasteiger charge is -2.28. The third-order valence-corrected chi connectivity index (χ3v) is 3.77. The molecule has 1 aliphatic rings. The average molecular weight is 302 g/mol. The van der Waals surface area contributed by atoms with E-state index in [1.807, 2.05) is 12.3 Å². The Bertz CT molecular complexity index is 373. The van der Waals surface area contributed by atoms with E-state index in [0.29, 0.717) is 31.9 Å². The normalized spacial score (nSPS) is 16.5. The van der Waals surface area contributed by atoms with Crippen molar-refractivity contribution in [3.63, 3.8) is 0 Å². The Morgan fingerprint density at radius 1 is 1.60 bits per heavy atom. The van der Waals surface area contributed by atoms with Gasteiger partial charge in [0.25, 0.3) is 0 Å². The molecule has 0 radical (unpaired) electrons. The summed E-state index contributed by atoms with van der Waals surface area (Å²) in [5, 5.41) is 11.7. The zero-order valence-electron chi connectivity index (χ0n) is 11.9. The highest BCUT2D eigenvalue weighted by Gasteiger charge is 2.23. The minimum Gasteiger partial charge on any atom is -0.480 e. The van der Waals surface area contributed by atoms with Gasteiger partial charge in [0.2, 0.25) is 0 Å². The second-order valence-electron chi connectivity index (χ2n) is 4.61. The number of nitrogens with one attached hydrogen (secondary N) is 1. The average Bonchev–Trinajstić information content (AvgIpc) is 2.44. The van der Waals surface area contributed by atoms with Gasteiger partial charge in [-0.25, -0.2) is 9.59 Å². The van der Waals surface area contributed by atoms with Crippen molar-refractivity contribution >= 4 is 23.8 Å². The molecule has 0 aliphatic carbocycles. The Hall–Kier alpha value is -1.21. The van der Waals surface area contributed by atoms with Gasteiger partial charge in [-0.2, -0.15) is 11.8 Å². The summed E-state index contributed by atoms with van der Waals surface area (Å²) >= 11 is 1.56. The summed E-state index contributed by atoms with van der Waals surface area (Å²) in [6, 6.07) is -1.13. The molecule has 0 aromatic heterocycles. The number of nitrogens with zero attached hydrogens (tertiary/aromatic N) is 1. The van der Waals surface area contributed by atoms with Gasteiger partial charge >= 0.3 is 12.0 Å². The minimum atomic E-state index is -0.986. The Labute approximate surface area is 123 Å². The largest absolute Gasteiger partial charge is 0.480 e. The Balaban J connectivity index is 2.47. The number of carbonyl (C=O) groups excluding carboxylic acids is 1. The van der Waals surface area contributed by atoms with Crippen LogP contribution in [0.4, 0.5) is 4.79 Å². The molecule has 1 rings (SSSR count). The van der Waals surface area contributed by atoms with Gasteiger partial charge in [-0.15, -0.1) is 0 Å². The fourth-order valence-corrected chi connectivity index (χ4v) is 2.42. The summed E-state index contributed by atoms with van der Waals surface area (Å²) in [5.41, 5.74) is 1.17. The SMILES string of the molecule is COCC1=CCN(C(=O)N[C@H](CCSC)C(=O)O)CC1. The second-order valence-corrected chi connectivity index (χ2v) is 5.60. The number of thioether (sulfide) groups is 1. The molecular formula is C13H22N2O4S. The molecule has 0 fully saturated rings. The van der Waals surface area contributed by atoms with E-state index in [4.69, 9.17) is 9.84 Å². The maximum absolute atomic E-state index is 12.0. The summed E-state index contributed by atoms with van der Waals surface area (Å²) in [6.45, 7) is 1.68. The second kappa shape index (κ2) is 8.86. The van der Waals surface area contributed by atoms with E-state index in [0.717, 1.165) is 6.42 Å². The van der Waals surface area contributed by atoms with Crippen LogP contribution in [0.5, 0.6) is 0 Å². The number of carboxylic acids is 1. The van der Waals surface area contributed by atoms with Gasteiger partial charge in [-0.3, -0.25) is 0 Å². The summed E-state index contributed by atoms with van der Waals surface area (Å²) in [4.78, 5) is 24.7. The number of hydrogen-bond acceptors (Lipinski definition) is 4. The van der Waals surface area contributed by atoms with Crippen LogP contribution >= 0.6 is 11.8 Å². The Kier molecular flexibility index (Phi) is 7.46. The molecule has 6 nitrogen and oxygen atoms in total. The molecule has 2 amide bonds. The van der Waals surface area contributed by atoms with Gasteiger partial charge in [0.15, 0.2) is 0 Å². The topological polar surface area (TPSA) is 78.9 Å². The van der Waals surface area contributed by atoms with Crippen LogP contribution in [0.1, 0.15) is 12.8 Å². The van der Waals surface area contributed by atoms with Gasteiger partial charge in [-0.1, -0.05) is 6.08 Å². The standard InChI is InChI=1S/C13H22N2O4S/c1-19-9-10-3-6-15(7-4-10)13(18)14-11(12(16)17)5-8-20-2/h3,11H,4-9H2,1-2H3,(H,14,18)(H,16,17)/t11-/m1/s1. The number of methoxy groups -OCH3 is 1. The number of urea groups is 1. The Morgan fingerprint density at radius 2 is 2.35 bits per heavy atom. The third-order valence-electron chi connectivity index (χ3n) is 3.13. The van der Waals surface area contributed by atoms with Crippen molar-refractivity contribution in [2.75, 3.05) is 38.8 Å². The quantitative estimate of drug-likeness (QED) is 0.690. The number of amides is 2. The molecule has 2 N–H and O–H groups in total. The number of carboxylic acid groups (broad SMARTS) is 1. The molecule has 0 unspecified atom stereocenters. The summed E-state index contributed by atoms with van der Waals surface area (Å²) in [6.07, 6.45) is 5.07. The molecular weight excluding hydrogens is 280 g/mol. The molecule has 1 aliphatic heterocycles. The highest BCUT2D eigenvalue weighted by molar-refractivity contribution is 7.98. The smallest absolute Gasteiger partial charge is 0.326 e. The molecule has 0 bridgehead atoms. The summed E-state index contributed by atoms with van der Waals surface area (Å²) < 4.78 is 5.05. The van der Waals surface area contributed by atoms with E-state index < -0.39 is 12.0 Å². The number of carbonyl (C=O) groups is 2. The van der Waals surface area contributed by atoms with E-state index in [1.165, 1.54) is 5.57 Å². The van der Waals surface area contributed by atoms with Crippen molar-refractivity contribution in [1.29, 1.82) is 0 Å². The molecule has 0 saturated heterocycles. The fraction of sp³-hybridized carbons (Fsp3) is 0.692. The van der Waals surface area contributed by atoms with Crippen LogP contribution in [0.3, 0.4) is 0 Å². The molecule has 7 heteroatoms. The van der Waals surface area contributed by atoms with Crippen LogP contribution in [0, 0.1) is 0 Å². The van der Waals surface area contributed by atoms with Crippen LogP contribution in [-0.2, 0) is 9.53 Å². The van der Waals surface area contributed by atoms with Gasteiger partial charge in [0.05, 0.1) is 6.61 Å². The van der Waals surface area contributed by atoms with Crippen LogP contribution in [0.2, 0.25) is 0 Å². The van der Waals surface area contributed by atoms with Crippen molar-refractivity contribution < 1.29 is 19.4 Å². The van der Waals surface area contributed by atoms with E-state index in [9.17, 15) is 9.59 Å². The first kappa shape index (κ1) is 16.8. The monoisotopic (exact) mass is 302 g/mol. The third kappa shape index (κ3) is 5.42. The van der Waals surface area contributed by atoms with E-state index >= 15 is 0 Å². The highest BCUT2D eigenvalue weighted by Crippen LogP contribution is 2.11. The molecule has 20 heavy (non-hydrogen) atoms. The number of aliphatic carboxylic acids is 1. The zero-order valence-corrected chi connectivity index (χ0v) is 12.7. The minimum absolute atomic E-state index is 0.314. The predicted octanol–water partition coefficient (Wildman–Crippen LogP) is 1.18.